The Balaban J connectivity index is 1.57. The second-order valence-corrected chi connectivity index (χ2v) is 5.40. The minimum atomic E-state index is -0.439. The highest BCUT2D eigenvalue weighted by molar-refractivity contribution is 5.94. The molecule has 3 rings (SSSR count). The first kappa shape index (κ1) is 15.1. The summed E-state index contributed by atoms with van der Waals surface area (Å²) in [6, 6.07) is 9.96. The summed E-state index contributed by atoms with van der Waals surface area (Å²) in [7, 11) is 1.58. The van der Waals surface area contributed by atoms with Gasteiger partial charge in [-0.05, 0) is 31.2 Å². The highest BCUT2D eigenvalue weighted by Gasteiger charge is 2.32. The van der Waals surface area contributed by atoms with Crippen molar-refractivity contribution in [1.82, 2.24) is 4.90 Å². The van der Waals surface area contributed by atoms with E-state index in [-0.39, 0.29) is 12.0 Å². The zero-order valence-corrected chi connectivity index (χ0v) is 12.9. The van der Waals surface area contributed by atoms with E-state index in [1.807, 2.05) is 0 Å². The number of ether oxygens (including phenoxy) is 2. The van der Waals surface area contributed by atoms with Gasteiger partial charge in [-0.1, -0.05) is 0 Å². The molecule has 0 aliphatic carbocycles. The molecular formula is C17H17NO5. The van der Waals surface area contributed by atoms with Crippen molar-refractivity contribution in [2.75, 3.05) is 20.2 Å². The Kier molecular flexibility index (Phi) is 4.06. The predicted octanol–water partition coefficient (Wildman–Crippen LogP) is 1.86. The van der Waals surface area contributed by atoms with Crippen LogP contribution in [0.2, 0.25) is 0 Å². The number of likely N-dealkylation sites (tertiary alicyclic amines) is 1. The van der Waals surface area contributed by atoms with Crippen molar-refractivity contribution in [1.29, 1.82) is 0 Å². The first-order valence-corrected chi connectivity index (χ1v) is 7.27. The zero-order chi connectivity index (χ0) is 16.4. The fourth-order valence-electron chi connectivity index (χ4n) is 2.43. The fourth-order valence-corrected chi connectivity index (χ4v) is 2.43. The van der Waals surface area contributed by atoms with Crippen LogP contribution in [0.15, 0.2) is 45.6 Å². The van der Waals surface area contributed by atoms with Crippen molar-refractivity contribution >= 4 is 5.91 Å². The van der Waals surface area contributed by atoms with E-state index in [9.17, 15) is 9.59 Å². The maximum Gasteiger partial charge on any atom is 0.339 e. The smallest absolute Gasteiger partial charge is 0.339 e. The Labute approximate surface area is 133 Å². The topological polar surface area (TPSA) is 69.0 Å². The van der Waals surface area contributed by atoms with E-state index in [1.165, 1.54) is 6.07 Å². The van der Waals surface area contributed by atoms with E-state index >= 15 is 0 Å². The lowest BCUT2D eigenvalue weighted by Gasteiger charge is -2.39. The number of aryl methyl sites for hydroxylation is 1. The second-order valence-electron chi connectivity index (χ2n) is 5.40. The molecule has 1 aromatic heterocycles. The summed E-state index contributed by atoms with van der Waals surface area (Å²) >= 11 is 0. The Morgan fingerprint density at radius 1 is 1.17 bits per heavy atom. The van der Waals surface area contributed by atoms with Crippen LogP contribution in [-0.2, 0) is 0 Å². The van der Waals surface area contributed by atoms with Gasteiger partial charge in [0, 0.05) is 11.6 Å². The Bertz CT molecular complexity index is 759. The van der Waals surface area contributed by atoms with Gasteiger partial charge in [-0.15, -0.1) is 0 Å². The van der Waals surface area contributed by atoms with Crippen LogP contribution in [0.3, 0.4) is 0 Å². The first-order chi connectivity index (χ1) is 11.0. The van der Waals surface area contributed by atoms with Crippen LogP contribution in [0.1, 0.15) is 16.1 Å². The van der Waals surface area contributed by atoms with Crippen LogP contribution < -0.4 is 15.1 Å². The molecule has 0 saturated carbocycles. The van der Waals surface area contributed by atoms with Gasteiger partial charge in [0.1, 0.15) is 23.4 Å². The summed E-state index contributed by atoms with van der Waals surface area (Å²) < 4.78 is 15.6. The molecule has 1 amide bonds. The molecule has 2 heterocycles. The molecule has 0 N–H and O–H groups in total. The normalized spacial score (nSPS) is 14.3. The van der Waals surface area contributed by atoms with Crippen LogP contribution in [-0.4, -0.2) is 37.1 Å². The van der Waals surface area contributed by atoms with Crippen LogP contribution in [0.5, 0.6) is 11.5 Å². The van der Waals surface area contributed by atoms with Crippen molar-refractivity contribution in [3.63, 3.8) is 0 Å². The van der Waals surface area contributed by atoms with Crippen LogP contribution >= 0.6 is 0 Å². The average molecular weight is 315 g/mol. The standard InChI is InChI=1S/C17H17NO5/c1-11-7-14(8-16(19)22-11)23-15-9-18(10-15)17(20)12-3-5-13(21-2)6-4-12/h3-8,15H,9-10H2,1-2H3. The van der Waals surface area contributed by atoms with Crippen molar-refractivity contribution in [3.8, 4) is 11.5 Å². The Morgan fingerprint density at radius 2 is 1.87 bits per heavy atom. The molecule has 1 aliphatic rings. The molecule has 2 aromatic rings. The number of benzene rings is 1. The number of hydrogen-bond donors (Lipinski definition) is 0. The molecule has 6 nitrogen and oxygen atoms in total. The van der Waals surface area contributed by atoms with Crippen LogP contribution in [0.25, 0.3) is 0 Å². The summed E-state index contributed by atoms with van der Waals surface area (Å²) in [6.07, 6.45) is -0.113. The summed E-state index contributed by atoms with van der Waals surface area (Å²) in [4.78, 5) is 25.3. The van der Waals surface area contributed by atoms with E-state index in [0.717, 1.165) is 0 Å². The van der Waals surface area contributed by atoms with Gasteiger partial charge in [-0.25, -0.2) is 4.79 Å². The summed E-state index contributed by atoms with van der Waals surface area (Å²) in [5.41, 5.74) is 0.172. The maximum atomic E-state index is 12.3. The number of hydrogen-bond acceptors (Lipinski definition) is 5. The highest BCUT2D eigenvalue weighted by Crippen LogP contribution is 2.20. The van der Waals surface area contributed by atoms with E-state index in [1.54, 1.807) is 49.3 Å². The molecule has 120 valence electrons. The number of nitrogens with zero attached hydrogens (tertiary/aromatic N) is 1. The molecule has 0 unspecified atom stereocenters. The minimum Gasteiger partial charge on any atom is -0.497 e. The molecule has 1 saturated heterocycles. The van der Waals surface area contributed by atoms with Crippen LogP contribution in [0.4, 0.5) is 0 Å². The highest BCUT2D eigenvalue weighted by atomic mass is 16.5. The summed E-state index contributed by atoms with van der Waals surface area (Å²) in [5.74, 6) is 1.64. The third-order valence-electron chi connectivity index (χ3n) is 3.64. The second kappa shape index (κ2) is 6.16. The van der Waals surface area contributed by atoms with Crippen molar-refractivity contribution in [2.24, 2.45) is 0 Å². The zero-order valence-electron chi connectivity index (χ0n) is 12.9. The monoisotopic (exact) mass is 315 g/mol. The molecule has 0 bridgehead atoms. The van der Waals surface area contributed by atoms with Gasteiger partial charge < -0.3 is 18.8 Å². The molecule has 1 aromatic carbocycles. The van der Waals surface area contributed by atoms with E-state index in [2.05, 4.69) is 0 Å². The van der Waals surface area contributed by atoms with Crippen molar-refractivity contribution in [3.05, 3.63) is 58.1 Å². The quantitative estimate of drug-likeness (QED) is 0.861. The van der Waals surface area contributed by atoms with E-state index in [0.29, 0.717) is 35.9 Å². The van der Waals surface area contributed by atoms with Gasteiger partial charge in [0.2, 0.25) is 0 Å². The molecule has 6 heteroatoms. The number of amides is 1. The van der Waals surface area contributed by atoms with Gasteiger partial charge >= 0.3 is 5.63 Å². The van der Waals surface area contributed by atoms with Gasteiger partial charge in [0.05, 0.1) is 26.3 Å². The third kappa shape index (κ3) is 3.36. The molecule has 1 aliphatic heterocycles. The maximum absolute atomic E-state index is 12.3. The van der Waals surface area contributed by atoms with Crippen molar-refractivity contribution in [2.45, 2.75) is 13.0 Å². The van der Waals surface area contributed by atoms with Crippen molar-refractivity contribution < 1.29 is 18.7 Å². The number of carbonyl (C=O) groups is 1. The molecular weight excluding hydrogens is 298 g/mol. The average Bonchev–Trinajstić information content (AvgIpc) is 2.49. The predicted molar refractivity (Wildman–Crippen MR) is 83.0 cm³/mol. The van der Waals surface area contributed by atoms with Gasteiger partial charge in [0.15, 0.2) is 0 Å². The Hall–Kier alpha value is -2.76. The fraction of sp³-hybridized carbons (Fsp3) is 0.294. The van der Waals surface area contributed by atoms with Gasteiger partial charge in [0.25, 0.3) is 5.91 Å². The number of methoxy groups -OCH3 is 1. The Morgan fingerprint density at radius 3 is 2.48 bits per heavy atom. The third-order valence-corrected chi connectivity index (χ3v) is 3.64. The molecule has 23 heavy (non-hydrogen) atoms. The number of carbonyl (C=O) groups excluding carboxylic acids is 1. The molecule has 0 spiro atoms. The lowest BCUT2D eigenvalue weighted by atomic mass is 10.1. The van der Waals surface area contributed by atoms with E-state index < -0.39 is 5.63 Å². The minimum absolute atomic E-state index is 0.0451. The largest absolute Gasteiger partial charge is 0.497 e. The van der Waals surface area contributed by atoms with Gasteiger partial charge in [-0.3, -0.25) is 4.79 Å². The lowest BCUT2D eigenvalue weighted by molar-refractivity contribution is 0.0175. The van der Waals surface area contributed by atoms with Gasteiger partial charge in [-0.2, -0.15) is 0 Å². The SMILES string of the molecule is COc1ccc(C(=O)N2CC(Oc3cc(C)oc(=O)c3)C2)cc1. The summed E-state index contributed by atoms with van der Waals surface area (Å²) in [5, 5.41) is 0. The lowest BCUT2D eigenvalue weighted by Crippen LogP contribution is -2.56. The van der Waals surface area contributed by atoms with E-state index in [4.69, 9.17) is 13.9 Å². The molecule has 0 radical (unpaired) electrons. The molecule has 1 fully saturated rings. The van der Waals surface area contributed by atoms with Crippen LogP contribution in [0, 0.1) is 6.92 Å². The summed E-state index contributed by atoms with van der Waals surface area (Å²) in [6.45, 7) is 2.67. The first-order valence-electron chi connectivity index (χ1n) is 7.27. The number of rotatable bonds is 4. The molecule has 0 atom stereocenters.